The normalized spacial score (nSPS) is 11.0. The molecule has 3 rings (SSSR count). The molecule has 1 heterocycles. The first-order valence-corrected chi connectivity index (χ1v) is 7.40. The van der Waals surface area contributed by atoms with Crippen molar-refractivity contribution in [2.75, 3.05) is 13.2 Å². The van der Waals surface area contributed by atoms with Crippen LogP contribution in [0.15, 0.2) is 41.2 Å². The van der Waals surface area contributed by atoms with E-state index in [2.05, 4.69) is 0 Å². The van der Waals surface area contributed by atoms with Crippen molar-refractivity contribution in [3.8, 4) is 5.75 Å². The lowest BCUT2D eigenvalue weighted by atomic mass is 10.1. The lowest BCUT2D eigenvalue weighted by Gasteiger charge is -2.07. The van der Waals surface area contributed by atoms with E-state index < -0.39 is 5.97 Å². The SMILES string of the molecule is O=C(O)c1cccc2c(=O)c3ccc(OCCO)cc3sc12. The van der Waals surface area contributed by atoms with Gasteiger partial charge in [0.25, 0.3) is 0 Å². The minimum absolute atomic E-state index is 0.102. The fraction of sp³-hybridized carbons (Fsp3) is 0.125. The Bertz CT molecular complexity index is 929. The Labute approximate surface area is 129 Å². The van der Waals surface area contributed by atoms with Crippen LogP contribution in [0.4, 0.5) is 0 Å². The van der Waals surface area contributed by atoms with Crippen LogP contribution in [0.2, 0.25) is 0 Å². The molecule has 0 bridgehead atoms. The van der Waals surface area contributed by atoms with Crippen molar-refractivity contribution in [3.63, 3.8) is 0 Å². The van der Waals surface area contributed by atoms with E-state index in [1.54, 1.807) is 30.3 Å². The first-order chi connectivity index (χ1) is 10.6. The molecule has 2 N–H and O–H groups in total. The highest BCUT2D eigenvalue weighted by molar-refractivity contribution is 7.24. The Hall–Kier alpha value is -2.44. The largest absolute Gasteiger partial charge is 0.491 e. The maximum absolute atomic E-state index is 12.5. The lowest BCUT2D eigenvalue weighted by Crippen LogP contribution is -2.05. The number of aromatic carboxylic acids is 1. The van der Waals surface area contributed by atoms with Crippen molar-refractivity contribution in [3.05, 3.63) is 52.2 Å². The van der Waals surface area contributed by atoms with E-state index in [4.69, 9.17) is 9.84 Å². The zero-order chi connectivity index (χ0) is 15.7. The fourth-order valence-electron chi connectivity index (χ4n) is 2.28. The lowest BCUT2D eigenvalue weighted by molar-refractivity contribution is 0.0699. The number of aliphatic hydroxyl groups is 1. The molecule has 0 fully saturated rings. The summed E-state index contributed by atoms with van der Waals surface area (Å²) in [4.78, 5) is 23.8. The third-order valence-corrected chi connectivity index (χ3v) is 4.46. The summed E-state index contributed by atoms with van der Waals surface area (Å²) in [6.07, 6.45) is 0. The van der Waals surface area contributed by atoms with Crippen molar-refractivity contribution in [1.29, 1.82) is 0 Å². The Morgan fingerprint density at radius 2 is 2.00 bits per heavy atom. The second kappa shape index (κ2) is 5.75. The van der Waals surface area contributed by atoms with Crippen LogP contribution in [0.25, 0.3) is 20.2 Å². The van der Waals surface area contributed by atoms with Gasteiger partial charge < -0.3 is 14.9 Å². The van der Waals surface area contributed by atoms with E-state index >= 15 is 0 Å². The van der Waals surface area contributed by atoms with Gasteiger partial charge in [-0.15, -0.1) is 11.3 Å². The second-order valence-corrected chi connectivity index (χ2v) is 5.70. The van der Waals surface area contributed by atoms with Crippen molar-refractivity contribution in [1.82, 2.24) is 0 Å². The molecule has 22 heavy (non-hydrogen) atoms. The van der Waals surface area contributed by atoms with Gasteiger partial charge in [0.2, 0.25) is 0 Å². The van der Waals surface area contributed by atoms with Gasteiger partial charge in [-0.05, 0) is 30.3 Å². The number of benzene rings is 2. The minimum Gasteiger partial charge on any atom is -0.491 e. The van der Waals surface area contributed by atoms with E-state index in [0.717, 1.165) is 0 Å². The predicted molar refractivity (Wildman–Crippen MR) is 85.1 cm³/mol. The van der Waals surface area contributed by atoms with E-state index in [-0.39, 0.29) is 24.2 Å². The molecule has 0 saturated heterocycles. The van der Waals surface area contributed by atoms with Gasteiger partial charge in [-0.1, -0.05) is 6.07 Å². The first kappa shape index (κ1) is 14.5. The maximum Gasteiger partial charge on any atom is 0.337 e. The molecule has 3 aromatic rings. The van der Waals surface area contributed by atoms with Gasteiger partial charge in [-0.25, -0.2) is 4.79 Å². The van der Waals surface area contributed by atoms with Gasteiger partial charge in [0.05, 0.1) is 16.9 Å². The van der Waals surface area contributed by atoms with Gasteiger partial charge in [0, 0.05) is 15.5 Å². The van der Waals surface area contributed by atoms with E-state index in [9.17, 15) is 14.7 Å². The summed E-state index contributed by atoms with van der Waals surface area (Å²) >= 11 is 1.24. The van der Waals surface area contributed by atoms with Gasteiger partial charge in [-0.3, -0.25) is 4.79 Å². The molecule has 0 aliphatic rings. The Morgan fingerprint density at radius 1 is 1.18 bits per heavy atom. The van der Waals surface area contributed by atoms with Crippen LogP contribution in [0, 0.1) is 0 Å². The Balaban J connectivity index is 2.30. The first-order valence-electron chi connectivity index (χ1n) is 6.58. The van der Waals surface area contributed by atoms with Gasteiger partial charge in [-0.2, -0.15) is 0 Å². The zero-order valence-corrected chi connectivity index (χ0v) is 12.2. The summed E-state index contributed by atoms with van der Waals surface area (Å²) < 4.78 is 6.44. The molecule has 0 saturated carbocycles. The molecule has 0 aliphatic carbocycles. The number of rotatable bonds is 4. The number of ether oxygens (including phenoxy) is 1. The topological polar surface area (TPSA) is 83.8 Å². The molecular weight excluding hydrogens is 304 g/mol. The summed E-state index contributed by atoms with van der Waals surface area (Å²) in [5, 5.41) is 19.0. The zero-order valence-electron chi connectivity index (χ0n) is 11.4. The third kappa shape index (κ3) is 2.43. The smallest absolute Gasteiger partial charge is 0.337 e. The average molecular weight is 316 g/mol. The summed E-state index contributed by atoms with van der Waals surface area (Å²) in [5.41, 5.74) is -0.0799. The molecule has 0 aliphatic heterocycles. The summed E-state index contributed by atoms with van der Waals surface area (Å²) in [7, 11) is 0. The molecule has 1 aromatic heterocycles. The van der Waals surface area contributed by atoms with Crippen molar-refractivity contribution < 1.29 is 19.7 Å². The molecule has 5 nitrogen and oxygen atoms in total. The Morgan fingerprint density at radius 3 is 2.73 bits per heavy atom. The second-order valence-electron chi connectivity index (χ2n) is 4.65. The van der Waals surface area contributed by atoms with Gasteiger partial charge >= 0.3 is 5.97 Å². The molecule has 6 heteroatoms. The summed E-state index contributed by atoms with van der Waals surface area (Å²) in [6.45, 7) is 0.0590. The van der Waals surface area contributed by atoms with Crippen LogP contribution in [0.1, 0.15) is 10.4 Å². The van der Waals surface area contributed by atoms with E-state index in [0.29, 0.717) is 25.9 Å². The number of aliphatic hydroxyl groups excluding tert-OH is 1. The van der Waals surface area contributed by atoms with Crippen LogP contribution < -0.4 is 10.2 Å². The standard InChI is InChI=1S/C16H12O5S/c17-6-7-21-9-4-5-10-13(8-9)22-15-11(14(10)18)2-1-3-12(15)16(19)20/h1-5,8,17H,6-7H2,(H,19,20). The van der Waals surface area contributed by atoms with Crippen molar-refractivity contribution in [2.45, 2.75) is 0 Å². The molecule has 0 unspecified atom stereocenters. The van der Waals surface area contributed by atoms with Gasteiger partial charge in [0.1, 0.15) is 12.4 Å². The molecule has 2 aromatic carbocycles. The number of fused-ring (bicyclic) bond motifs is 2. The molecule has 0 radical (unpaired) electrons. The molecule has 0 amide bonds. The molecule has 112 valence electrons. The Kier molecular flexibility index (Phi) is 3.79. The average Bonchev–Trinajstić information content (AvgIpc) is 2.52. The number of carboxylic acids is 1. The number of hydrogen-bond donors (Lipinski definition) is 2. The van der Waals surface area contributed by atoms with Crippen molar-refractivity contribution >= 4 is 37.5 Å². The minimum atomic E-state index is -1.06. The van der Waals surface area contributed by atoms with Gasteiger partial charge in [0.15, 0.2) is 5.43 Å². The van der Waals surface area contributed by atoms with Crippen LogP contribution in [0.5, 0.6) is 5.75 Å². The third-order valence-electron chi connectivity index (χ3n) is 3.26. The highest BCUT2D eigenvalue weighted by atomic mass is 32.1. The highest BCUT2D eigenvalue weighted by Gasteiger charge is 2.13. The van der Waals surface area contributed by atoms with Crippen LogP contribution in [-0.2, 0) is 0 Å². The maximum atomic E-state index is 12.5. The van der Waals surface area contributed by atoms with E-state index in [1.165, 1.54) is 17.4 Å². The molecular formula is C16H12O5S. The quantitative estimate of drug-likeness (QED) is 0.722. The van der Waals surface area contributed by atoms with Crippen LogP contribution in [-0.4, -0.2) is 29.4 Å². The molecule has 0 atom stereocenters. The van der Waals surface area contributed by atoms with E-state index in [1.807, 2.05) is 0 Å². The fourth-order valence-corrected chi connectivity index (χ4v) is 3.48. The number of carbonyl (C=O) groups is 1. The van der Waals surface area contributed by atoms with Crippen LogP contribution in [0.3, 0.4) is 0 Å². The van der Waals surface area contributed by atoms with Crippen LogP contribution >= 0.6 is 11.3 Å². The highest BCUT2D eigenvalue weighted by Crippen LogP contribution is 2.29. The number of carboxylic acid groups (broad SMARTS) is 1. The predicted octanol–water partition coefficient (Wildman–Crippen LogP) is 2.48. The number of hydrogen-bond acceptors (Lipinski definition) is 5. The summed E-state index contributed by atoms with van der Waals surface area (Å²) in [6, 6.07) is 9.71. The summed E-state index contributed by atoms with van der Waals surface area (Å²) in [5.74, 6) is -0.530. The molecule has 0 spiro atoms. The van der Waals surface area contributed by atoms with Crippen molar-refractivity contribution in [2.24, 2.45) is 0 Å². The monoisotopic (exact) mass is 316 g/mol.